The first-order valence-electron chi connectivity index (χ1n) is 9.81. The molecule has 0 spiro atoms. The van der Waals surface area contributed by atoms with Crippen LogP contribution < -0.4 is 10.2 Å². The van der Waals surface area contributed by atoms with Gasteiger partial charge in [0.2, 0.25) is 0 Å². The molecule has 2 aliphatic carbocycles. The van der Waals surface area contributed by atoms with E-state index in [-0.39, 0.29) is 6.09 Å². The first-order chi connectivity index (χ1) is 11.9. The minimum atomic E-state index is -0.465. The van der Waals surface area contributed by atoms with Crippen molar-refractivity contribution >= 4 is 17.5 Å². The van der Waals surface area contributed by atoms with Gasteiger partial charge in [0.1, 0.15) is 5.60 Å². The maximum Gasteiger partial charge on any atom is 0.414 e. The lowest BCUT2D eigenvalue weighted by Gasteiger charge is -2.32. The molecule has 0 radical (unpaired) electrons. The summed E-state index contributed by atoms with van der Waals surface area (Å²) in [5.41, 5.74) is 2.95. The van der Waals surface area contributed by atoms with Crippen molar-refractivity contribution in [3.8, 4) is 0 Å². The van der Waals surface area contributed by atoms with Crippen LogP contribution in [0.1, 0.15) is 58.4 Å². The fraction of sp³-hybridized carbons (Fsp3) is 0.667. The summed E-state index contributed by atoms with van der Waals surface area (Å²) in [6.45, 7) is 6.49. The van der Waals surface area contributed by atoms with Gasteiger partial charge in [-0.3, -0.25) is 4.90 Å². The van der Waals surface area contributed by atoms with E-state index in [1.807, 2.05) is 25.7 Å². The third-order valence-corrected chi connectivity index (χ3v) is 5.75. The molecule has 2 fully saturated rings. The Labute approximate surface area is 150 Å². The van der Waals surface area contributed by atoms with Crippen molar-refractivity contribution in [2.75, 3.05) is 16.8 Å². The highest BCUT2D eigenvalue weighted by Crippen LogP contribution is 2.50. The quantitative estimate of drug-likeness (QED) is 0.824. The van der Waals surface area contributed by atoms with Gasteiger partial charge in [-0.25, -0.2) is 4.79 Å². The van der Waals surface area contributed by atoms with Gasteiger partial charge >= 0.3 is 6.09 Å². The maximum atomic E-state index is 12.6. The van der Waals surface area contributed by atoms with E-state index >= 15 is 0 Å². The first kappa shape index (κ1) is 16.7. The highest BCUT2D eigenvalue weighted by molar-refractivity contribution is 5.90. The molecule has 1 unspecified atom stereocenters. The molecule has 3 atom stereocenters. The van der Waals surface area contributed by atoms with Gasteiger partial charge in [0.05, 0.1) is 5.69 Å². The van der Waals surface area contributed by atoms with E-state index in [9.17, 15) is 4.79 Å². The third kappa shape index (κ3) is 3.63. The number of carbonyl (C=O) groups is 1. The van der Waals surface area contributed by atoms with Crippen LogP contribution in [0.5, 0.6) is 0 Å². The molecule has 136 valence electrons. The van der Waals surface area contributed by atoms with Gasteiger partial charge in [-0.05, 0) is 76.0 Å². The molecule has 1 amide bonds. The highest BCUT2D eigenvalue weighted by atomic mass is 16.6. The summed E-state index contributed by atoms with van der Waals surface area (Å²) in [6, 6.07) is 7.13. The molecule has 25 heavy (non-hydrogen) atoms. The van der Waals surface area contributed by atoms with Crippen LogP contribution in [0.4, 0.5) is 16.2 Å². The lowest BCUT2D eigenvalue weighted by Crippen LogP contribution is -2.39. The van der Waals surface area contributed by atoms with Crippen LogP contribution in [0.25, 0.3) is 0 Å². The number of nitrogens with one attached hydrogen (secondary N) is 1. The van der Waals surface area contributed by atoms with E-state index in [4.69, 9.17) is 4.74 Å². The number of benzene rings is 1. The molecule has 4 heteroatoms. The third-order valence-electron chi connectivity index (χ3n) is 5.75. The number of ether oxygens (including phenoxy) is 1. The van der Waals surface area contributed by atoms with E-state index in [1.54, 1.807) is 0 Å². The van der Waals surface area contributed by atoms with Gasteiger partial charge in [0.25, 0.3) is 0 Å². The van der Waals surface area contributed by atoms with E-state index in [1.165, 1.54) is 31.2 Å². The normalized spacial score (nSPS) is 28.0. The molecule has 1 aromatic rings. The fourth-order valence-corrected chi connectivity index (χ4v) is 4.47. The lowest BCUT2D eigenvalue weighted by molar-refractivity contribution is 0.0578. The van der Waals surface area contributed by atoms with Gasteiger partial charge in [-0.2, -0.15) is 0 Å². The topological polar surface area (TPSA) is 41.6 Å². The zero-order valence-corrected chi connectivity index (χ0v) is 15.7. The molecule has 2 saturated carbocycles. The van der Waals surface area contributed by atoms with Crippen LogP contribution >= 0.6 is 0 Å². The zero-order chi connectivity index (χ0) is 17.6. The average molecular weight is 342 g/mol. The Morgan fingerprint density at radius 1 is 1.24 bits per heavy atom. The predicted octanol–water partition coefficient (Wildman–Crippen LogP) is 4.97. The SMILES string of the molecule is CC(C)(C)OC(=O)N1CCCc2ccc(NC3CCC[C@H]4C[C@@H]34)cc21. The van der Waals surface area contributed by atoms with Crippen molar-refractivity contribution in [1.82, 2.24) is 0 Å². The number of aryl methyl sites for hydroxylation is 1. The van der Waals surface area contributed by atoms with E-state index < -0.39 is 5.60 Å². The molecule has 0 saturated heterocycles. The van der Waals surface area contributed by atoms with Crippen LogP contribution in [0.2, 0.25) is 0 Å². The van der Waals surface area contributed by atoms with Gasteiger partial charge < -0.3 is 10.1 Å². The Balaban J connectivity index is 1.52. The smallest absolute Gasteiger partial charge is 0.414 e. The van der Waals surface area contributed by atoms with Gasteiger partial charge in [0, 0.05) is 18.3 Å². The number of amides is 1. The Hall–Kier alpha value is -1.71. The number of anilines is 2. The Morgan fingerprint density at radius 2 is 2.08 bits per heavy atom. The molecule has 3 aliphatic rings. The molecule has 1 aromatic carbocycles. The molecule has 1 N–H and O–H groups in total. The lowest BCUT2D eigenvalue weighted by atomic mass is 9.95. The summed E-state index contributed by atoms with van der Waals surface area (Å²) in [5, 5.41) is 3.75. The molecule has 0 bridgehead atoms. The van der Waals surface area contributed by atoms with Crippen LogP contribution in [-0.4, -0.2) is 24.3 Å². The standard InChI is InChI=1S/C21H30N2O2/c1-21(2,3)25-20(24)23-11-5-7-14-9-10-16(13-19(14)23)22-18-8-4-6-15-12-17(15)18/h9-10,13,15,17-18,22H,4-8,11-12H2,1-3H3/t15-,17+,18?/m0/s1. The molecule has 4 rings (SSSR count). The van der Waals surface area contributed by atoms with E-state index in [2.05, 4.69) is 23.5 Å². The second-order valence-electron chi connectivity index (χ2n) is 8.92. The summed E-state index contributed by atoms with van der Waals surface area (Å²) < 4.78 is 5.61. The summed E-state index contributed by atoms with van der Waals surface area (Å²) in [4.78, 5) is 14.4. The minimum Gasteiger partial charge on any atom is -0.443 e. The minimum absolute atomic E-state index is 0.231. The Bertz CT molecular complexity index is 664. The molecular weight excluding hydrogens is 312 g/mol. The van der Waals surface area contributed by atoms with Gasteiger partial charge in [-0.15, -0.1) is 0 Å². The van der Waals surface area contributed by atoms with Crippen molar-refractivity contribution in [2.45, 2.75) is 70.9 Å². The summed E-state index contributed by atoms with van der Waals surface area (Å²) in [6.07, 6.45) is 7.22. The van der Waals surface area contributed by atoms with Gasteiger partial charge in [0.15, 0.2) is 0 Å². The number of carbonyl (C=O) groups excluding carboxylic acids is 1. The largest absolute Gasteiger partial charge is 0.443 e. The van der Waals surface area contributed by atoms with Crippen LogP contribution in [0, 0.1) is 11.8 Å². The number of nitrogens with zero attached hydrogens (tertiary/aromatic N) is 1. The summed E-state index contributed by atoms with van der Waals surface area (Å²) in [7, 11) is 0. The van der Waals surface area contributed by atoms with Crippen molar-refractivity contribution in [3.05, 3.63) is 23.8 Å². The highest BCUT2D eigenvalue weighted by Gasteiger charge is 2.45. The number of hydrogen-bond donors (Lipinski definition) is 1. The molecule has 1 heterocycles. The molecular formula is C21H30N2O2. The van der Waals surface area contributed by atoms with Crippen molar-refractivity contribution in [2.24, 2.45) is 11.8 Å². The van der Waals surface area contributed by atoms with Crippen molar-refractivity contribution in [1.29, 1.82) is 0 Å². The first-order valence-corrected chi connectivity index (χ1v) is 9.81. The second kappa shape index (κ2) is 6.22. The van der Waals surface area contributed by atoms with Crippen LogP contribution in [0.3, 0.4) is 0 Å². The Morgan fingerprint density at radius 3 is 2.88 bits per heavy atom. The van der Waals surface area contributed by atoms with E-state index in [0.29, 0.717) is 6.04 Å². The number of fused-ring (bicyclic) bond motifs is 2. The monoisotopic (exact) mass is 342 g/mol. The molecule has 0 aromatic heterocycles. The maximum absolute atomic E-state index is 12.6. The number of hydrogen-bond acceptors (Lipinski definition) is 3. The van der Waals surface area contributed by atoms with Gasteiger partial charge in [-0.1, -0.05) is 18.9 Å². The second-order valence-corrected chi connectivity index (χ2v) is 8.92. The number of rotatable bonds is 2. The zero-order valence-electron chi connectivity index (χ0n) is 15.7. The average Bonchev–Trinajstić information content (AvgIpc) is 3.33. The summed E-state index contributed by atoms with van der Waals surface area (Å²) in [5.74, 6) is 1.83. The predicted molar refractivity (Wildman–Crippen MR) is 101 cm³/mol. The van der Waals surface area contributed by atoms with Crippen LogP contribution in [0.15, 0.2) is 18.2 Å². The van der Waals surface area contributed by atoms with Crippen LogP contribution in [-0.2, 0) is 11.2 Å². The molecule has 1 aliphatic heterocycles. The fourth-order valence-electron chi connectivity index (χ4n) is 4.47. The Kier molecular flexibility index (Phi) is 4.17. The summed E-state index contributed by atoms with van der Waals surface area (Å²) >= 11 is 0. The van der Waals surface area contributed by atoms with E-state index in [0.717, 1.165) is 42.6 Å². The van der Waals surface area contributed by atoms with Crippen molar-refractivity contribution in [3.63, 3.8) is 0 Å². The molecule has 4 nitrogen and oxygen atoms in total. The van der Waals surface area contributed by atoms with Crippen molar-refractivity contribution < 1.29 is 9.53 Å².